The molecular formula is C12H11BrO3. The molecule has 1 aromatic rings. The number of ether oxygens (including phenoxy) is 1. The van der Waals surface area contributed by atoms with Gasteiger partial charge in [-0.25, -0.2) is 4.79 Å². The number of hydrogen-bond donors (Lipinski definition) is 1. The minimum absolute atomic E-state index is 0.0894. The van der Waals surface area contributed by atoms with E-state index in [2.05, 4.69) is 21.9 Å². The van der Waals surface area contributed by atoms with E-state index in [-0.39, 0.29) is 11.3 Å². The topological polar surface area (TPSA) is 46.5 Å². The molecule has 0 spiro atoms. The van der Waals surface area contributed by atoms with Gasteiger partial charge in [-0.2, -0.15) is 0 Å². The molecule has 0 saturated heterocycles. The molecule has 0 saturated carbocycles. The van der Waals surface area contributed by atoms with Gasteiger partial charge in [-0.15, -0.1) is 6.42 Å². The van der Waals surface area contributed by atoms with Crippen LogP contribution in [0.15, 0.2) is 22.7 Å². The third-order valence-corrected chi connectivity index (χ3v) is 2.38. The van der Waals surface area contributed by atoms with Crippen LogP contribution < -0.4 is 4.74 Å². The van der Waals surface area contributed by atoms with Crippen molar-refractivity contribution in [3.63, 3.8) is 0 Å². The maximum absolute atomic E-state index is 11.0. The molecule has 3 nitrogen and oxygen atoms in total. The van der Waals surface area contributed by atoms with E-state index in [1.165, 1.54) is 6.07 Å². The Kier molecular flexibility index (Phi) is 3.61. The Balaban J connectivity index is 3.17. The van der Waals surface area contributed by atoms with Crippen LogP contribution in [0.5, 0.6) is 5.75 Å². The highest BCUT2D eigenvalue weighted by atomic mass is 79.9. The summed E-state index contributed by atoms with van der Waals surface area (Å²) in [6.07, 6.45) is 5.28. The summed E-state index contributed by atoms with van der Waals surface area (Å²) in [6.45, 7) is 3.39. The SMILES string of the molecule is C#CC(C)(C)Oc1cc(Br)ccc1C(=O)O. The van der Waals surface area contributed by atoms with Gasteiger partial charge < -0.3 is 9.84 Å². The molecule has 16 heavy (non-hydrogen) atoms. The average Bonchev–Trinajstić information content (AvgIpc) is 2.16. The standard InChI is InChI=1S/C12H11BrO3/c1-4-12(2,3)16-10-7-8(13)5-6-9(10)11(14)15/h1,5-7H,2-3H3,(H,14,15). The molecule has 0 aliphatic heterocycles. The zero-order valence-corrected chi connectivity index (χ0v) is 10.5. The van der Waals surface area contributed by atoms with Gasteiger partial charge in [0.1, 0.15) is 11.3 Å². The van der Waals surface area contributed by atoms with Crippen molar-refractivity contribution >= 4 is 21.9 Å². The smallest absolute Gasteiger partial charge is 0.339 e. The van der Waals surface area contributed by atoms with Gasteiger partial charge in [0.2, 0.25) is 0 Å². The van der Waals surface area contributed by atoms with Crippen LogP contribution in [-0.4, -0.2) is 16.7 Å². The van der Waals surface area contributed by atoms with E-state index in [1.54, 1.807) is 26.0 Å². The Morgan fingerprint density at radius 3 is 2.69 bits per heavy atom. The van der Waals surface area contributed by atoms with E-state index < -0.39 is 11.6 Å². The monoisotopic (exact) mass is 282 g/mol. The Bertz CT molecular complexity index is 458. The number of halogens is 1. The lowest BCUT2D eigenvalue weighted by atomic mass is 10.1. The minimum atomic E-state index is -1.05. The third-order valence-electron chi connectivity index (χ3n) is 1.89. The van der Waals surface area contributed by atoms with Gasteiger partial charge in [0.05, 0.1) is 0 Å². The van der Waals surface area contributed by atoms with E-state index in [0.717, 1.165) is 4.47 Å². The Hall–Kier alpha value is -1.47. The van der Waals surface area contributed by atoms with Gasteiger partial charge in [-0.1, -0.05) is 21.9 Å². The Morgan fingerprint density at radius 2 is 2.19 bits per heavy atom. The van der Waals surface area contributed by atoms with Crippen molar-refractivity contribution in [2.24, 2.45) is 0 Å². The summed E-state index contributed by atoms with van der Waals surface area (Å²) in [7, 11) is 0. The molecular weight excluding hydrogens is 272 g/mol. The lowest BCUT2D eigenvalue weighted by molar-refractivity contribution is 0.0687. The number of carboxylic acid groups (broad SMARTS) is 1. The van der Waals surface area contributed by atoms with Gasteiger partial charge in [-0.3, -0.25) is 0 Å². The largest absolute Gasteiger partial charge is 0.478 e. The molecule has 0 amide bonds. The van der Waals surface area contributed by atoms with E-state index >= 15 is 0 Å². The van der Waals surface area contributed by atoms with Crippen molar-refractivity contribution in [2.45, 2.75) is 19.4 Å². The first-order chi connectivity index (χ1) is 7.35. The van der Waals surface area contributed by atoms with Gasteiger partial charge in [0.15, 0.2) is 5.60 Å². The second-order valence-corrected chi connectivity index (χ2v) is 4.62. The first kappa shape index (κ1) is 12.6. The molecule has 0 fully saturated rings. The van der Waals surface area contributed by atoms with E-state index in [4.69, 9.17) is 16.3 Å². The Morgan fingerprint density at radius 1 is 1.56 bits per heavy atom. The van der Waals surface area contributed by atoms with Gasteiger partial charge >= 0.3 is 5.97 Å². The normalized spacial score (nSPS) is 10.6. The molecule has 84 valence electrons. The maximum Gasteiger partial charge on any atom is 0.339 e. The highest BCUT2D eigenvalue weighted by molar-refractivity contribution is 9.10. The highest BCUT2D eigenvalue weighted by Crippen LogP contribution is 2.27. The van der Waals surface area contributed by atoms with Gasteiger partial charge in [0, 0.05) is 4.47 Å². The zero-order chi connectivity index (χ0) is 12.3. The lowest BCUT2D eigenvalue weighted by Gasteiger charge is -2.21. The number of aromatic carboxylic acids is 1. The predicted molar refractivity (Wildman–Crippen MR) is 64.6 cm³/mol. The summed E-state index contributed by atoms with van der Waals surface area (Å²) in [5, 5.41) is 8.98. The number of carboxylic acids is 1. The lowest BCUT2D eigenvalue weighted by Crippen LogP contribution is -2.26. The van der Waals surface area contributed by atoms with E-state index in [9.17, 15) is 4.79 Å². The van der Waals surface area contributed by atoms with Crippen LogP contribution in [0.2, 0.25) is 0 Å². The first-order valence-electron chi connectivity index (χ1n) is 4.55. The molecule has 4 heteroatoms. The number of hydrogen-bond acceptors (Lipinski definition) is 2. The summed E-state index contributed by atoms with van der Waals surface area (Å²) in [6, 6.07) is 4.69. The summed E-state index contributed by atoms with van der Waals surface area (Å²) >= 11 is 3.25. The molecule has 0 atom stereocenters. The van der Waals surface area contributed by atoms with Crippen LogP contribution in [0, 0.1) is 12.3 Å². The van der Waals surface area contributed by atoms with Crippen molar-refractivity contribution < 1.29 is 14.6 Å². The first-order valence-corrected chi connectivity index (χ1v) is 5.34. The molecule has 0 unspecified atom stereocenters. The number of benzene rings is 1. The molecule has 0 aliphatic rings. The second kappa shape index (κ2) is 4.58. The van der Waals surface area contributed by atoms with Crippen molar-refractivity contribution in [3.8, 4) is 18.1 Å². The third kappa shape index (κ3) is 3.01. The molecule has 1 aromatic carbocycles. The minimum Gasteiger partial charge on any atom is -0.478 e. The molecule has 0 bridgehead atoms. The van der Waals surface area contributed by atoms with Crippen LogP contribution in [0.1, 0.15) is 24.2 Å². The van der Waals surface area contributed by atoms with Crippen LogP contribution in [0.3, 0.4) is 0 Å². The average molecular weight is 283 g/mol. The second-order valence-electron chi connectivity index (χ2n) is 3.70. The Labute approximate surface area is 103 Å². The fraction of sp³-hybridized carbons (Fsp3) is 0.250. The summed E-state index contributed by atoms with van der Waals surface area (Å²) in [5.41, 5.74) is -0.753. The van der Waals surface area contributed by atoms with Crippen molar-refractivity contribution in [1.29, 1.82) is 0 Å². The van der Waals surface area contributed by atoms with Crippen LogP contribution in [0.4, 0.5) is 0 Å². The van der Waals surface area contributed by atoms with Crippen LogP contribution >= 0.6 is 15.9 Å². The van der Waals surface area contributed by atoms with Crippen molar-refractivity contribution in [1.82, 2.24) is 0 Å². The molecule has 0 radical (unpaired) electrons. The van der Waals surface area contributed by atoms with Crippen molar-refractivity contribution in [3.05, 3.63) is 28.2 Å². The zero-order valence-electron chi connectivity index (χ0n) is 8.95. The molecule has 0 aromatic heterocycles. The van der Waals surface area contributed by atoms with E-state index in [0.29, 0.717) is 0 Å². The van der Waals surface area contributed by atoms with Crippen LogP contribution in [0.25, 0.3) is 0 Å². The predicted octanol–water partition coefficient (Wildman–Crippen LogP) is 2.94. The van der Waals surface area contributed by atoms with Crippen molar-refractivity contribution in [2.75, 3.05) is 0 Å². The summed E-state index contributed by atoms with van der Waals surface area (Å²) in [5.74, 6) is 1.65. The highest BCUT2D eigenvalue weighted by Gasteiger charge is 2.20. The number of terminal acetylenes is 1. The van der Waals surface area contributed by atoms with Gasteiger partial charge in [0.25, 0.3) is 0 Å². The molecule has 0 aliphatic carbocycles. The summed E-state index contributed by atoms with van der Waals surface area (Å²) in [4.78, 5) is 11.0. The fourth-order valence-electron chi connectivity index (χ4n) is 1.06. The summed E-state index contributed by atoms with van der Waals surface area (Å²) < 4.78 is 6.21. The number of carbonyl (C=O) groups is 1. The fourth-order valence-corrected chi connectivity index (χ4v) is 1.40. The molecule has 0 heterocycles. The van der Waals surface area contributed by atoms with Gasteiger partial charge in [-0.05, 0) is 32.0 Å². The van der Waals surface area contributed by atoms with E-state index in [1.807, 2.05) is 0 Å². The van der Waals surface area contributed by atoms with Crippen LogP contribution in [-0.2, 0) is 0 Å². The molecule has 1 N–H and O–H groups in total. The number of rotatable bonds is 3. The molecule has 1 rings (SSSR count). The quantitative estimate of drug-likeness (QED) is 0.867. The maximum atomic E-state index is 11.0.